The average Bonchev–Trinajstić information content (AvgIpc) is 3.29. The van der Waals surface area contributed by atoms with Crippen LogP contribution >= 0.6 is 23.2 Å². The van der Waals surface area contributed by atoms with Crippen molar-refractivity contribution in [2.75, 3.05) is 7.05 Å². The van der Waals surface area contributed by atoms with E-state index < -0.39 is 0 Å². The summed E-state index contributed by atoms with van der Waals surface area (Å²) in [4.78, 5) is 18.5. The first-order valence-corrected chi connectivity index (χ1v) is 10.3. The van der Waals surface area contributed by atoms with Crippen molar-refractivity contribution < 1.29 is 14.6 Å². The van der Waals surface area contributed by atoms with Gasteiger partial charge in [-0.2, -0.15) is 5.10 Å². The van der Waals surface area contributed by atoms with Gasteiger partial charge in [0.05, 0.1) is 15.7 Å². The number of pyridine rings is 1. The minimum absolute atomic E-state index is 0.107. The zero-order valence-electron chi connectivity index (χ0n) is 16.9. The number of ether oxygens (including phenoxy) is 1. The number of hydrogen-bond acceptors (Lipinski definition) is 5. The number of hydrogen-bond donors (Lipinski definition) is 2. The molecule has 2 N–H and O–H groups in total. The van der Waals surface area contributed by atoms with Crippen LogP contribution in [-0.2, 0) is 6.54 Å². The highest BCUT2D eigenvalue weighted by Crippen LogP contribution is 2.36. The molecule has 2 heterocycles. The van der Waals surface area contributed by atoms with Gasteiger partial charge in [-0.3, -0.25) is 9.89 Å². The second-order valence-corrected chi connectivity index (χ2v) is 7.84. The molecule has 0 aliphatic rings. The summed E-state index contributed by atoms with van der Waals surface area (Å²) >= 11 is 12.0. The fourth-order valence-corrected chi connectivity index (χ4v) is 3.52. The van der Waals surface area contributed by atoms with Crippen LogP contribution in [-0.4, -0.2) is 38.1 Å². The molecule has 7 nitrogen and oxygen atoms in total. The maximum Gasteiger partial charge on any atom is 0.271 e. The van der Waals surface area contributed by atoms with Gasteiger partial charge in [0.1, 0.15) is 11.4 Å². The number of aromatic hydroxyl groups is 1. The molecule has 2 aromatic carbocycles. The van der Waals surface area contributed by atoms with E-state index in [0.717, 1.165) is 5.56 Å². The number of halogens is 2. The number of nitrogens with zero attached hydrogens (tertiary/aromatic N) is 3. The van der Waals surface area contributed by atoms with Gasteiger partial charge in [0.15, 0.2) is 5.75 Å². The molecule has 0 radical (unpaired) electrons. The van der Waals surface area contributed by atoms with Gasteiger partial charge in [-0.05, 0) is 42.0 Å². The zero-order chi connectivity index (χ0) is 22.7. The summed E-state index contributed by atoms with van der Waals surface area (Å²) in [6.45, 7) is 0.397. The van der Waals surface area contributed by atoms with Gasteiger partial charge in [-0.25, -0.2) is 4.98 Å². The van der Waals surface area contributed by atoms with E-state index in [2.05, 4.69) is 15.2 Å². The molecule has 0 saturated heterocycles. The van der Waals surface area contributed by atoms with Crippen molar-refractivity contribution >= 4 is 29.1 Å². The highest BCUT2D eigenvalue weighted by molar-refractivity contribution is 6.37. The molecule has 2 aromatic heterocycles. The van der Waals surface area contributed by atoms with E-state index in [1.54, 1.807) is 30.3 Å². The van der Waals surface area contributed by atoms with E-state index in [0.29, 0.717) is 35.1 Å². The molecule has 4 aromatic rings. The SMILES string of the molecule is CN(Cc1ccc(Oc2ccccn2)cc1)C(=O)c1cc(-c2cc(Cl)c(O)c(Cl)c2)n[nH]1. The summed E-state index contributed by atoms with van der Waals surface area (Å²) in [5, 5.41) is 16.8. The first kappa shape index (κ1) is 21.7. The lowest BCUT2D eigenvalue weighted by Gasteiger charge is -2.16. The van der Waals surface area contributed by atoms with Gasteiger partial charge in [0.25, 0.3) is 5.91 Å². The topological polar surface area (TPSA) is 91.3 Å². The number of phenols is 1. The van der Waals surface area contributed by atoms with E-state index in [9.17, 15) is 9.90 Å². The molecular formula is C23H18Cl2N4O3. The van der Waals surface area contributed by atoms with Crippen molar-refractivity contribution in [1.29, 1.82) is 0 Å². The predicted octanol–water partition coefficient (Wildman–Crippen LogP) is 5.55. The average molecular weight is 469 g/mol. The maximum atomic E-state index is 12.8. The number of amides is 1. The summed E-state index contributed by atoms with van der Waals surface area (Å²) < 4.78 is 5.68. The standard InChI is InChI=1S/C23H18Cl2N4O3/c1-29(13-14-5-7-16(8-6-14)32-21-4-2-3-9-26-21)23(31)20-12-19(27-28-20)15-10-17(24)22(30)18(25)11-15/h2-12,30H,13H2,1H3,(H,27,28). The molecular weight excluding hydrogens is 451 g/mol. The largest absolute Gasteiger partial charge is 0.505 e. The molecule has 32 heavy (non-hydrogen) atoms. The lowest BCUT2D eigenvalue weighted by molar-refractivity contribution is 0.0779. The van der Waals surface area contributed by atoms with Crippen molar-refractivity contribution in [2.24, 2.45) is 0 Å². The minimum atomic E-state index is -0.228. The van der Waals surface area contributed by atoms with Crippen LogP contribution in [0.15, 0.2) is 66.9 Å². The Labute approximate surface area is 194 Å². The predicted molar refractivity (Wildman–Crippen MR) is 122 cm³/mol. The second kappa shape index (κ2) is 9.30. The van der Waals surface area contributed by atoms with E-state index >= 15 is 0 Å². The van der Waals surface area contributed by atoms with Crippen LogP contribution in [0.2, 0.25) is 10.0 Å². The van der Waals surface area contributed by atoms with Crippen LogP contribution in [0, 0.1) is 0 Å². The summed E-state index contributed by atoms with van der Waals surface area (Å²) in [5.41, 5.74) is 2.32. The first-order valence-electron chi connectivity index (χ1n) is 9.58. The van der Waals surface area contributed by atoms with Gasteiger partial charge in [0, 0.05) is 31.4 Å². The summed E-state index contributed by atoms with van der Waals surface area (Å²) in [5.74, 6) is 0.748. The quantitative estimate of drug-likeness (QED) is 0.387. The van der Waals surface area contributed by atoms with E-state index in [1.165, 1.54) is 12.1 Å². The van der Waals surface area contributed by atoms with Crippen molar-refractivity contribution in [3.8, 4) is 28.6 Å². The molecule has 0 unspecified atom stereocenters. The van der Waals surface area contributed by atoms with Crippen molar-refractivity contribution in [3.63, 3.8) is 0 Å². The number of carbonyl (C=O) groups excluding carboxylic acids is 1. The highest BCUT2D eigenvalue weighted by atomic mass is 35.5. The molecule has 4 rings (SSSR count). The van der Waals surface area contributed by atoms with Gasteiger partial charge in [-0.1, -0.05) is 41.4 Å². The Morgan fingerprint density at radius 2 is 1.81 bits per heavy atom. The third-order valence-corrected chi connectivity index (χ3v) is 5.25. The molecule has 0 aliphatic heterocycles. The number of nitrogens with one attached hydrogen (secondary N) is 1. The van der Waals surface area contributed by atoms with Crippen molar-refractivity contribution in [2.45, 2.75) is 6.54 Å². The van der Waals surface area contributed by atoms with Gasteiger partial charge < -0.3 is 14.7 Å². The Morgan fingerprint density at radius 1 is 1.09 bits per heavy atom. The lowest BCUT2D eigenvalue weighted by Crippen LogP contribution is -2.26. The fourth-order valence-electron chi connectivity index (χ4n) is 3.03. The third-order valence-electron chi connectivity index (χ3n) is 4.67. The first-order chi connectivity index (χ1) is 15.4. The number of aromatic nitrogens is 3. The summed E-state index contributed by atoms with van der Waals surface area (Å²) in [6.07, 6.45) is 1.66. The van der Waals surface area contributed by atoms with Crippen LogP contribution in [0.1, 0.15) is 16.1 Å². The van der Waals surface area contributed by atoms with E-state index in [-0.39, 0.29) is 21.7 Å². The molecule has 0 spiro atoms. The molecule has 162 valence electrons. The number of rotatable bonds is 6. The molecule has 0 atom stereocenters. The minimum Gasteiger partial charge on any atom is -0.505 e. The molecule has 1 amide bonds. The number of carbonyl (C=O) groups is 1. The second-order valence-electron chi connectivity index (χ2n) is 7.03. The van der Waals surface area contributed by atoms with Crippen molar-refractivity contribution in [1.82, 2.24) is 20.1 Å². The summed E-state index contributed by atoms with van der Waals surface area (Å²) in [6, 6.07) is 17.6. The monoisotopic (exact) mass is 468 g/mol. The van der Waals surface area contributed by atoms with Crippen LogP contribution in [0.25, 0.3) is 11.3 Å². The van der Waals surface area contributed by atoms with Gasteiger partial charge in [0.2, 0.25) is 5.88 Å². The Kier molecular flexibility index (Phi) is 6.30. The number of benzene rings is 2. The molecule has 0 aliphatic carbocycles. The number of aromatic amines is 1. The van der Waals surface area contributed by atoms with Gasteiger partial charge in [-0.15, -0.1) is 0 Å². The fraction of sp³-hybridized carbons (Fsp3) is 0.0870. The summed E-state index contributed by atoms with van der Waals surface area (Å²) in [7, 11) is 1.70. The van der Waals surface area contributed by atoms with Gasteiger partial charge >= 0.3 is 0 Å². The highest BCUT2D eigenvalue weighted by Gasteiger charge is 2.17. The lowest BCUT2D eigenvalue weighted by atomic mass is 10.1. The van der Waals surface area contributed by atoms with Crippen LogP contribution in [0.4, 0.5) is 0 Å². The Balaban J connectivity index is 1.42. The molecule has 0 saturated carbocycles. The maximum absolute atomic E-state index is 12.8. The number of H-pyrrole nitrogens is 1. The van der Waals surface area contributed by atoms with Crippen LogP contribution in [0.3, 0.4) is 0 Å². The molecule has 9 heteroatoms. The Morgan fingerprint density at radius 3 is 2.47 bits per heavy atom. The molecule has 0 bridgehead atoms. The normalized spacial score (nSPS) is 10.7. The zero-order valence-corrected chi connectivity index (χ0v) is 18.4. The van der Waals surface area contributed by atoms with Crippen molar-refractivity contribution in [3.05, 3.63) is 88.2 Å². The van der Waals surface area contributed by atoms with E-state index in [1.807, 2.05) is 36.4 Å². The smallest absolute Gasteiger partial charge is 0.271 e. The van der Waals surface area contributed by atoms with E-state index in [4.69, 9.17) is 27.9 Å². The Bertz CT molecular complexity index is 1220. The number of phenolic OH excluding ortho intramolecular Hbond substituents is 1. The Hall–Kier alpha value is -3.55. The third kappa shape index (κ3) is 4.85. The van der Waals surface area contributed by atoms with Crippen LogP contribution < -0.4 is 4.74 Å². The van der Waals surface area contributed by atoms with Crippen LogP contribution in [0.5, 0.6) is 17.4 Å². The molecule has 0 fully saturated rings.